The van der Waals surface area contributed by atoms with E-state index in [-0.39, 0.29) is 29.6 Å². The van der Waals surface area contributed by atoms with Crippen LogP contribution in [0.4, 0.5) is 18.9 Å². The van der Waals surface area contributed by atoms with Crippen LogP contribution in [0.1, 0.15) is 16.2 Å². The highest BCUT2D eigenvalue weighted by Gasteiger charge is 2.46. The van der Waals surface area contributed by atoms with Crippen molar-refractivity contribution < 1.29 is 30.8 Å². The second-order valence-electron chi connectivity index (χ2n) is 6.45. The molecule has 0 bridgehead atoms. The average Bonchev–Trinajstić information content (AvgIpc) is 3.19. The van der Waals surface area contributed by atoms with E-state index in [1.54, 1.807) is 18.2 Å². The molecule has 0 aliphatic heterocycles. The fraction of sp³-hybridized carbons (Fsp3) is 0.167. The molecule has 0 spiro atoms. The Morgan fingerprint density at radius 3 is 2.50 bits per heavy atom. The van der Waals surface area contributed by atoms with Crippen molar-refractivity contribution >= 4 is 44.8 Å². The summed E-state index contributed by atoms with van der Waals surface area (Å²) in [7, 11) is -4.11. The van der Waals surface area contributed by atoms with Crippen molar-refractivity contribution in [3.05, 3.63) is 64.0 Å². The molecule has 0 aliphatic carbocycles. The normalized spacial score (nSPS) is 11.9. The second-order valence-corrected chi connectivity index (χ2v) is 8.94. The summed E-state index contributed by atoms with van der Waals surface area (Å²) in [6.45, 7) is 0.155. The minimum atomic E-state index is -5.60. The number of halogens is 5. The van der Waals surface area contributed by atoms with Gasteiger partial charge in [-0.3, -0.25) is 9.52 Å². The number of sulfonamides is 1. The number of nitrogens with one attached hydrogen (secondary N) is 1. The molecule has 14 heteroatoms. The van der Waals surface area contributed by atoms with Crippen LogP contribution in [0.3, 0.4) is 0 Å². The molecule has 170 valence electrons. The summed E-state index contributed by atoms with van der Waals surface area (Å²) in [4.78, 5) is 13.8. The van der Waals surface area contributed by atoms with Crippen molar-refractivity contribution in [2.24, 2.45) is 0 Å². The van der Waals surface area contributed by atoms with E-state index in [1.165, 1.54) is 28.8 Å². The summed E-state index contributed by atoms with van der Waals surface area (Å²) >= 11 is 11.8. The van der Waals surface area contributed by atoms with E-state index in [9.17, 15) is 26.4 Å². The summed E-state index contributed by atoms with van der Waals surface area (Å²) in [6, 6.07) is 9.72. The highest BCUT2D eigenvalue weighted by atomic mass is 35.5. The van der Waals surface area contributed by atoms with Crippen molar-refractivity contribution in [2.45, 2.75) is 12.1 Å². The van der Waals surface area contributed by atoms with Crippen LogP contribution in [-0.2, 0) is 16.6 Å². The molecule has 0 unspecified atom stereocenters. The van der Waals surface area contributed by atoms with Gasteiger partial charge in [0.1, 0.15) is 0 Å². The minimum Gasteiger partial charge on any atom is -0.412 e. The molecule has 0 fully saturated rings. The molecular weight excluding hydrogens is 496 g/mol. The van der Waals surface area contributed by atoms with E-state index in [0.29, 0.717) is 15.6 Å². The van der Waals surface area contributed by atoms with Crippen LogP contribution >= 0.6 is 23.2 Å². The monoisotopic (exact) mass is 508 g/mol. The van der Waals surface area contributed by atoms with Gasteiger partial charge in [-0.15, -0.1) is 10.2 Å². The van der Waals surface area contributed by atoms with Crippen molar-refractivity contribution in [1.82, 2.24) is 15.1 Å². The molecule has 1 amide bonds. The van der Waals surface area contributed by atoms with Gasteiger partial charge in [0.15, 0.2) is 0 Å². The van der Waals surface area contributed by atoms with Crippen LogP contribution in [0.5, 0.6) is 0 Å². The van der Waals surface area contributed by atoms with Crippen LogP contribution in [0, 0.1) is 0 Å². The summed E-state index contributed by atoms with van der Waals surface area (Å²) < 4.78 is 67.0. The van der Waals surface area contributed by atoms with Crippen LogP contribution < -0.4 is 4.72 Å². The van der Waals surface area contributed by atoms with E-state index in [0.717, 1.165) is 12.1 Å². The Balaban J connectivity index is 1.76. The zero-order valence-electron chi connectivity index (χ0n) is 16.0. The van der Waals surface area contributed by atoms with Crippen LogP contribution in [0.25, 0.3) is 11.5 Å². The molecule has 0 radical (unpaired) electrons. The van der Waals surface area contributed by atoms with Gasteiger partial charge >= 0.3 is 27.3 Å². The van der Waals surface area contributed by atoms with E-state index < -0.39 is 21.4 Å². The highest BCUT2D eigenvalue weighted by Crippen LogP contribution is 2.28. The smallest absolute Gasteiger partial charge is 0.412 e. The van der Waals surface area contributed by atoms with Crippen LogP contribution in [0.2, 0.25) is 10.0 Å². The number of hydrogen-bond acceptors (Lipinski definition) is 6. The standard InChI is InChI=1S/C18H13Cl2F3N4O4S/c1-27(9-10-5-6-13(19)14(20)7-10)17(28)16-25-24-15(31-16)11-3-2-4-12(8-11)26-32(29,30)18(21,22)23/h2-8,26H,9H2,1H3. The molecule has 0 saturated heterocycles. The number of rotatable bonds is 6. The van der Waals surface area contributed by atoms with Crippen molar-refractivity contribution in [3.63, 3.8) is 0 Å². The SMILES string of the molecule is CN(Cc1ccc(Cl)c(Cl)c1)C(=O)c1nnc(-c2cccc(NS(=O)(=O)C(F)(F)F)c2)o1. The lowest BCUT2D eigenvalue weighted by molar-refractivity contribution is -0.0429. The Labute approximate surface area is 190 Å². The van der Waals surface area contributed by atoms with Gasteiger partial charge in [-0.25, -0.2) is 0 Å². The van der Waals surface area contributed by atoms with Crippen molar-refractivity contribution in [1.29, 1.82) is 0 Å². The van der Waals surface area contributed by atoms with E-state index in [4.69, 9.17) is 27.6 Å². The molecule has 1 heterocycles. The largest absolute Gasteiger partial charge is 0.516 e. The minimum absolute atomic E-state index is 0.103. The van der Waals surface area contributed by atoms with Gasteiger partial charge in [0.05, 0.1) is 10.0 Å². The first kappa shape index (κ1) is 23.8. The van der Waals surface area contributed by atoms with E-state index in [1.807, 2.05) is 0 Å². The first-order valence-corrected chi connectivity index (χ1v) is 10.8. The van der Waals surface area contributed by atoms with Crippen molar-refractivity contribution in [2.75, 3.05) is 11.8 Å². The lowest BCUT2D eigenvalue weighted by atomic mass is 10.2. The molecule has 0 atom stereocenters. The van der Waals surface area contributed by atoms with Gasteiger partial charge < -0.3 is 9.32 Å². The molecule has 32 heavy (non-hydrogen) atoms. The third-order valence-electron chi connectivity index (χ3n) is 4.02. The number of carbonyl (C=O) groups excluding carboxylic acids is 1. The number of aromatic nitrogens is 2. The second kappa shape index (κ2) is 8.96. The summed E-state index contributed by atoms with van der Waals surface area (Å²) in [5.41, 5.74) is -5.06. The topological polar surface area (TPSA) is 105 Å². The summed E-state index contributed by atoms with van der Waals surface area (Å²) in [6.07, 6.45) is 0. The Morgan fingerprint density at radius 2 is 1.84 bits per heavy atom. The number of amides is 1. The fourth-order valence-corrected chi connectivity index (χ4v) is 3.38. The first-order valence-electron chi connectivity index (χ1n) is 8.60. The predicted octanol–water partition coefficient (Wildman–Crippen LogP) is 4.58. The Kier molecular flexibility index (Phi) is 6.67. The van der Waals surface area contributed by atoms with Crippen molar-refractivity contribution in [3.8, 4) is 11.5 Å². The van der Waals surface area contributed by atoms with Crippen LogP contribution in [-0.4, -0.2) is 42.0 Å². The van der Waals surface area contributed by atoms with Crippen LogP contribution in [0.15, 0.2) is 46.9 Å². The number of carbonyl (C=O) groups is 1. The maximum absolute atomic E-state index is 12.6. The van der Waals surface area contributed by atoms with E-state index >= 15 is 0 Å². The lowest BCUT2D eigenvalue weighted by Gasteiger charge is -2.15. The quantitative estimate of drug-likeness (QED) is 0.522. The molecule has 8 nitrogen and oxygen atoms in total. The predicted molar refractivity (Wildman–Crippen MR) is 111 cm³/mol. The zero-order valence-corrected chi connectivity index (χ0v) is 18.3. The number of hydrogen-bond donors (Lipinski definition) is 1. The molecule has 0 saturated carbocycles. The summed E-state index contributed by atoms with van der Waals surface area (Å²) in [5, 5.41) is 8.05. The molecule has 1 N–H and O–H groups in total. The molecule has 3 aromatic rings. The fourth-order valence-electron chi connectivity index (χ4n) is 2.50. The maximum Gasteiger partial charge on any atom is 0.516 e. The Morgan fingerprint density at radius 1 is 1.12 bits per heavy atom. The molecule has 1 aromatic heterocycles. The van der Waals surface area contributed by atoms with Gasteiger partial charge in [-0.2, -0.15) is 21.6 Å². The zero-order chi connectivity index (χ0) is 23.7. The lowest BCUT2D eigenvalue weighted by Crippen LogP contribution is -2.29. The number of anilines is 1. The Hall–Kier alpha value is -2.83. The van der Waals surface area contributed by atoms with Gasteiger partial charge in [0.2, 0.25) is 5.89 Å². The van der Waals surface area contributed by atoms with Gasteiger partial charge in [-0.05, 0) is 35.9 Å². The third-order valence-corrected chi connectivity index (χ3v) is 5.88. The number of nitrogens with zero attached hydrogens (tertiary/aromatic N) is 3. The number of benzene rings is 2. The molecular formula is C18H13Cl2F3N4O4S. The third kappa shape index (κ3) is 5.31. The number of alkyl halides is 3. The Bertz CT molecular complexity index is 1270. The first-order chi connectivity index (χ1) is 14.9. The highest BCUT2D eigenvalue weighted by molar-refractivity contribution is 7.93. The average molecular weight is 509 g/mol. The van der Waals surface area contributed by atoms with E-state index in [2.05, 4.69) is 10.2 Å². The summed E-state index contributed by atoms with van der Waals surface area (Å²) in [5.74, 6) is -1.18. The van der Waals surface area contributed by atoms with Gasteiger partial charge in [-0.1, -0.05) is 35.3 Å². The molecule has 0 aliphatic rings. The van der Waals surface area contributed by atoms with Gasteiger partial charge in [0.25, 0.3) is 0 Å². The molecule has 2 aromatic carbocycles. The molecule has 3 rings (SSSR count). The maximum atomic E-state index is 12.6. The van der Waals surface area contributed by atoms with Gasteiger partial charge in [0, 0.05) is 24.8 Å².